The van der Waals surface area contributed by atoms with Gasteiger partial charge in [0.15, 0.2) is 0 Å². The molecule has 1 aromatic rings. The second kappa shape index (κ2) is 6.84. The third-order valence-electron chi connectivity index (χ3n) is 2.28. The number of halogens is 5. The van der Waals surface area contributed by atoms with E-state index in [1.54, 1.807) is 10.8 Å². The molecule has 0 unspecified atom stereocenters. The fourth-order valence-electron chi connectivity index (χ4n) is 1.44. The lowest BCUT2D eigenvalue weighted by atomic mass is 10.0. The predicted molar refractivity (Wildman–Crippen MR) is 122 cm³/mol. The molecule has 0 saturated carbocycles. The van der Waals surface area contributed by atoms with Crippen molar-refractivity contribution in [2.75, 3.05) is 0 Å². The Labute approximate surface area is 163 Å². The summed E-state index contributed by atoms with van der Waals surface area (Å²) in [5.41, 5.74) is 1.56. The molecule has 0 nitrogen and oxygen atoms in total. The van der Waals surface area contributed by atoms with Gasteiger partial charge in [-0.2, -0.15) is 0 Å². The molecule has 0 aromatic heterocycles. The maximum Gasteiger partial charge on any atom is 0.269 e. The van der Waals surface area contributed by atoms with E-state index in [-0.39, 0.29) is 0 Å². The van der Waals surface area contributed by atoms with Gasteiger partial charge in [-0.25, -0.2) is 0 Å². The molecule has 0 saturated heterocycles. The summed E-state index contributed by atoms with van der Waals surface area (Å²) in [7, 11) is 0. The maximum atomic E-state index is 2.77. The smallest absolute Gasteiger partial charge is 0.0992 e. The third kappa shape index (κ3) is 4.15. The van der Waals surface area contributed by atoms with E-state index in [1.807, 2.05) is 0 Å². The van der Waals surface area contributed by atoms with Crippen LogP contribution in [0.25, 0.3) is 0 Å². The topological polar surface area (TPSA) is 0 Å². The molecule has 0 radical (unpaired) electrons. The minimum atomic E-state index is -1.35. The maximum absolute atomic E-state index is 2.77. The van der Waals surface area contributed by atoms with Crippen LogP contribution in [-0.2, 0) is 0 Å². The van der Waals surface area contributed by atoms with Crippen molar-refractivity contribution in [3.8, 4) is 0 Å². The molecule has 0 amide bonds. The zero-order valence-electron chi connectivity index (χ0n) is 8.78. The molecule has 90 valence electrons. The van der Waals surface area contributed by atoms with Crippen LogP contribution in [0, 0.1) is 0 Å². The van der Waals surface area contributed by atoms with E-state index < -0.39 is 2.67 Å². The van der Waals surface area contributed by atoms with Gasteiger partial charge in [0.25, 0.3) is 0.0813 Å². The molecule has 0 aliphatic carbocycles. The Morgan fingerprint density at radius 1 is 0.938 bits per heavy atom. The van der Waals surface area contributed by atoms with Gasteiger partial charge in [-0.3, -0.25) is 0 Å². The molecule has 0 aliphatic heterocycles. The van der Waals surface area contributed by atoms with Crippen LogP contribution in [0.1, 0.15) is 25.3 Å². The highest BCUT2D eigenvalue weighted by molar-refractivity contribution is 14.4. The van der Waals surface area contributed by atoms with Crippen LogP contribution in [0.4, 0.5) is 0 Å². The first-order valence-electron chi connectivity index (χ1n) is 4.72. The molecular formula is C9H11I5Si2. The van der Waals surface area contributed by atoms with E-state index in [0.29, 0.717) is 5.92 Å². The van der Waals surface area contributed by atoms with Crippen LogP contribution in [0.15, 0.2) is 24.3 Å². The largest absolute Gasteiger partial charge is 0.269 e. The van der Waals surface area contributed by atoms with Crippen LogP contribution >= 0.6 is 109 Å². The Bertz CT molecular complexity index is 372. The summed E-state index contributed by atoms with van der Waals surface area (Å²) in [4.78, 5) is 0. The molecule has 0 fully saturated rings. The van der Waals surface area contributed by atoms with Crippen LogP contribution in [-0.4, -0.2) is 2.67 Å². The Morgan fingerprint density at radius 2 is 1.44 bits per heavy atom. The van der Waals surface area contributed by atoms with Gasteiger partial charge in [0, 0.05) is 0 Å². The molecule has 1 aromatic carbocycles. The quantitative estimate of drug-likeness (QED) is 0.211. The van der Waals surface area contributed by atoms with E-state index in [0.717, 1.165) is 0 Å². The van der Waals surface area contributed by atoms with Crippen LogP contribution in [0.3, 0.4) is 0 Å². The van der Waals surface area contributed by atoms with Crippen molar-refractivity contribution in [2.45, 2.75) is 19.8 Å². The molecule has 0 atom stereocenters. The molecule has 0 heterocycles. The summed E-state index contributed by atoms with van der Waals surface area (Å²) in [6.45, 7) is 4.60. The summed E-state index contributed by atoms with van der Waals surface area (Å²) in [5.74, 6) is 0.633. The number of benzene rings is 1. The SMILES string of the molecule is CC(C)c1ccccc1[Si](I)(I)[Si](I)(I)I. The average molecular weight is 810 g/mol. The summed E-state index contributed by atoms with van der Waals surface area (Å²) in [5, 5.41) is 1.65. The van der Waals surface area contributed by atoms with E-state index in [2.05, 4.69) is 147 Å². The standard InChI is InChI=1S/C9H11I5Si2/c1-7(2)8-5-3-4-6-9(8)15(10,11)16(12,13)14/h3-7H,1-2H3. The van der Waals surface area contributed by atoms with Gasteiger partial charge in [-0.1, -0.05) is 147 Å². The van der Waals surface area contributed by atoms with Crippen molar-refractivity contribution in [3.63, 3.8) is 0 Å². The summed E-state index contributed by atoms with van der Waals surface area (Å²) >= 11 is 13.7. The van der Waals surface area contributed by atoms with Crippen molar-refractivity contribution in [1.29, 1.82) is 0 Å². The number of rotatable bonds is 3. The lowest BCUT2D eigenvalue weighted by Gasteiger charge is -2.29. The molecule has 0 spiro atoms. The van der Waals surface area contributed by atoms with Crippen molar-refractivity contribution < 1.29 is 0 Å². The van der Waals surface area contributed by atoms with Crippen LogP contribution < -0.4 is 5.19 Å². The summed E-state index contributed by atoms with van der Waals surface area (Å²) in [6, 6.07) is 9.04. The highest BCUT2D eigenvalue weighted by Gasteiger charge is 2.50. The first kappa shape index (κ1) is 17.4. The molecule has 0 N–H and O–H groups in total. The van der Waals surface area contributed by atoms with Crippen molar-refractivity contribution in [3.05, 3.63) is 29.8 Å². The lowest BCUT2D eigenvalue weighted by molar-refractivity contribution is 0.873. The Balaban J connectivity index is 3.33. The Morgan fingerprint density at radius 3 is 1.88 bits per heavy atom. The number of hydrogen-bond donors (Lipinski definition) is 0. The number of hydrogen-bond acceptors (Lipinski definition) is 0. The first-order valence-corrected chi connectivity index (χ1v) is 25.3. The third-order valence-corrected chi connectivity index (χ3v) is 103. The van der Waals surface area contributed by atoms with E-state index in [4.69, 9.17) is 0 Å². The summed E-state index contributed by atoms with van der Waals surface area (Å²) < 4.78 is -2.53. The fourth-order valence-corrected chi connectivity index (χ4v) is 15.2. The van der Waals surface area contributed by atoms with Gasteiger partial charge < -0.3 is 0 Å². The van der Waals surface area contributed by atoms with Gasteiger partial charge in [0.2, 0.25) is 2.58 Å². The average Bonchev–Trinajstić information content (AvgIpc) is 2.16. The van der Waals surface area contributed by atoms with Gasteiger partial charge in [-0.15, -0.1) is 0 Å². The van der Waals surface area contributed by atoms with E-state index in [1.165, 1.54) is 0 Å². The van der Waals surface area contributed by atoms with E-state index in [9.17, 15) is 0 Å². The Kier molecular flexibility index (Phi) is 7.42. The monoisotopic (exact) mass is 810 g/mol. The van der Waals surface area contributed by atoms with Crippen LogP contribution in [0.2, 0.25) is 0 Å². The van der Waals surface area contributed by atoms with Gasteiger partial charge in [0.1, 0.15) is 0 Å². The second-order valence-corrected chi connectivity index (χ2v) is 75.3. The minimum absolute atomic E-state index is 0.633. The van der Waals surface area contributed by atoms with Crippen molar-refractivity contribution in [1.82, 2.24) is 0 Å². The zero-order valence-corrected chi connectivity index (χ0v) is 21.6. The summed E-state index contributed by atoms with van der Waals surface area (Å²) in [6.07, 6.45) is 0. The van der Waals surface area contributed by atoms with Crippen molar-refractivity contribution in [2.24, 2.45) is 0 Å². The van der Waals surface area contributed by atoms with Gasteiger partial charge in [0.05, 0.1) is 0 Å². The first-order chi connectivity index (χ1) is 7.18. The highest BCUT2D eigenvalue weighted by atomic mass is 127. The fraction of sp³-hybridized carbons (Fsp3) is 0.333. The molecule has 16 heavy (non-hydrogen) atoms. The minimum Gasteiger partial charge on any atom is -0.0992 e. The van der Waals surface area contributed by atoms with Crippen molar-refractivity contribution >= 4 is 117 Å². The second-order valence-electron chi connectivity index (χ2n) is 3.81. The normalized spacial score (nSPS) is 13.2. The molecule has 0 aliphatic rings. The lowest BCUT2D eigenvalue weighted by Crippen LogP contribution is -2.52. The highest BCUT2D eigenvalue weighted by Crippen LogP contribution is 2.46. The molecule has 1 rings (SSSR count). The molecular weight excluding hydrogens is 799 g/mol. The Hall–Kier alpha value is 3.30. The predicted octanol–water partition coefficient (Wildman–Crippen LogP) is 5.65. The van der Waals surface area contributed by atoms with Gasteiger partial charge >= 0.3 is 0 Å². The van der Waals surface area contributed by atoms with Gasteiger partial charge in [-0.05, 0) is 16.7 Å². The zero-order chi connectivity index (χ0) is 12.6. The molecule has 0 bridgehead atoms. The van der Waals surface area contributed by atoms with E-state index >= 15 is 0 Å². The molecule has 7 heteroatoms. The van der Waals surface area contributed by atoms with Crippen LogP contribution in [0.5, 0.6) is 0 Å².